The molecule has 4 aromatic rings. The van der Waals surface area contributed by atoms with Gasteiger partial charge in [0.15, 0.2) is 0 Å². The van der Waals surface area contributed by atoms with E-state index in [2.05, 4.69) is 10.4 Å². The number of halogens is 3. The molecule has 192 valence electrons. The van der Waals surface area contributed by atoms with Gasteiger partial charge in [-0.1, -0.05) is 47.5 Å². The highest BCUT2D eigenvalue weighted by molar-refractivity contribution is 7.89. The number of furan rings is 1. The summed E-state index contributed by atoms with van der Waals surface area (Å²) in [4.78, 5) is 12.3. The van der Waals surface area contributed by atoms with E-state index < -0.39 is 33.5 Å². The molecule has 0 fully saturated rings. The standard InChI is InChI=1S/C25H21Cl2FN4O4S/c26-18-9-8-17(20(27)11-18)14-32-24-16(12-30-32)5-3-6-19(24)21(28)13-29-25(33)31-37(34,35)23-10-15-4-1-2-7-22(15)36-23/h1-2,4,7-12H,3,5-6,13-14H2,(H2,29,31,33)/b21-19-. The highest BCUT2D eigenvalue weighted by Crippen LogP contribution is 2.34. The first-order valence-electron chi connectivity index (χ1n) is 11.4. The molecule has 1 aliphatic carbocycles. The van der Waals surface area contributed by atoms with Gasteiger partial charge in [-0.25, -0.2) is 13.9 Å². The number of nitrogens with one attached hydrogen (secondary N) is 2. The Morgan fingerprint density at radius 3 is 2.73 bits per heavy atom. The third-order valence-electron chi connectivity index (χ3n) is 6.04. The van der Waals surface area contributed by atoms with E-state index in [1.807, 2.05) is 4.72 Å². The molecule has 2 amide bonds. The number of aryl methyl sites for hydroxylation is 1. The Kier molecular flexibility index (Phi) is 6.98. The number of sulfonamides is 1. The second kappa shape index (κ2) is 10.2. The van der Waals surface area contributed by atoms with Crippen LogP contribution in [-0.2, 0) is 23.0 Å². The van der Waals surface area contributed by atoms with Crippen LogP contribution in [-0.4, -0.2) is 30.8 Å². The molecule has 2 aromatic carbocycles. The summed E-state index contributed by atoms with van der Waals surface area (Å²) in [6.45, 7) is -0.186. The lowest BCUT2D eigenvalue weighted by Gasteiger charge is -2.19. The van der Waals surface area contributed by atoms with Crippen LogP contribution in [0.15, 0.2) is 70.1 Å². The summed E-state index contributed by atoms with van der Waals surface area (Å²) in [6.07, 6.45) is 3.60. The van der Waals surface area contributed by atoms with Crippen molar-refractivity contribution in [2.75, 3.05) is 6.54 Å². The van der Waals surface area contributed by atoms with Crippen LogP contribution in [0.2, 0.25) is 10.0 Å². The summed E-state index contributed by atoms with van der Waals surface area (Å²) in [7, 11) is -4.29. The number of carbonyl (C=O) groups excluding carboxylic acids is 1. The van der Waals surface area contributed by atoms with Crippen LogP contribution in [0.25, 0.3) is 16.5 Å². The van der Waals surface area contributed by atoms with Crippen molar-refractivity contribution < 1.29 is 22.0 Å². The number of benzene rings is 2. The largest absolute Gasteiger partial charge is 0.443 e. The lowest BCUT2D eigenvalue weighted by molar-refractivity contribution is 0.245. The summed E-state index contributed by atoms with van der Waals surface area (Å²) in [5.74, 6) is -0.582. The lowest BCUT2D eigenvalue weighted by atomic mass is 9.92. The monoisotopic (exact) mass is 562 g/mol. The quantitative estimate of drug-likeness (QED) is 0.314. The third-order valence-corrected chi connectivity index (χ3v) is 7.81. The smallest absolute Gasteiger partial charge is 0.329 e. The van der Waals surface area contributed by atoms with E-state index in [0.717, 1.165) is 24.0 Å². The number of hydrogen-bond acceptors (Lipinski definition) is 5. The van der Waals surface area contributed by atoms with Gasteiger partial charge in [0.1, 0.15) is 11.4 Å². The molecule has 5 rings (SSSR count). The Morgan fingerprint density at radius 1 is 1.14 bits per heavy atom. The van der Waals surface area contributed by atoms with E-state index >= 15 is 4.39 Å². The van der Waals surface area contributed by atoms with E-state index in [4.69, 9.17) is 27.6 Å². The van der Waals surface area contributed by atoms with Gasteiger partial charge in [-0.2, -0.15) is 13.5 Å². The molecule has 12 heteroatoms. The number of aromatic nitrogens is 2. The molecule has 0 unspecified atom stereocenters. The normalized spacial score (nSPS) is 14.9. The zero-order valence-corrected chi connectivity index (χ0v) is 21.6. The number of rotatable bonds is 6. The fraction of sp³-hybridized carbons (Fsp3) is 0.200. The molecule has 0 radical (unpaired) electrons. The fourth-order valence-corrected chi connectivity index (χ4v) is 5.66. The number of para-hydroxylation sites is 1. The van der Waals surface area contributed by atoms with Crippen molar-refractivity contribution in [1.29, 1.82) is 0 Å². The molecule has 2 N–H and O–H groups in total. The van der Waals surface area contributed by atoms with E-state index in [0.29, 0.717) is 45.2 Å². The molecular formula is C25H21Cl2FN4O4S. The Bertz CT molecular complexity index is 1610. The highest BCUT2D eigenvalue weighted by atomic mass is 35.5. The molecule has 0 spiro atoms. The van der Waals surface area contributed by atoms with Crippen molar-refractivity contribution in [3.63, 3.8) is 0 Å². The molecule has 1 aliphatic rings. The van der Waals surface area contributed by atoms with Crippen molar-refractivity contribution in [1.82, 2.24) is 19.8 Å². The second-order valence-corrected chi connectivity index (χ2v) is 11.0. The maximum Gasteiger partial charge on any atom is 0.329 e. The lowest BCUT2D eigenvalue weighted by Crippen LogP contribution is -2.40. The average molecular weight is 563 g/mol. The first-order chi connectivity index (χ1) is 17.7. The van der Waals surface area contributed by atoms with Crippen LogP contribution in [0.1, 0.15) is 29.7 Å². The van der Waals surface area contributed by atoms with Crippen LogP contribution >= 0.6 is 23.2 Å². The van der Waals surface area contributed by atoms with E-state index in [-0.39, 0.29) is 0 Å². The summed E-state index contributed by atoms with van der Waals surface area (Å²) in [5.41, 5.74) is 3.06. The Hall–Kier alpha value is -3.34. The molecule has 0 saturated carbocycles. The van der Waals surface area contributed by atoms with Gasteiger partial charge in [-0.3, -0.25) is 4.68 Å². The summed E-state index contributed by atoms with van der Waals surface area (Å²) in [5, 5.41) is 7.84. The van der Waals surface area contributed by atoms with Crippen molar-refractivity contribution in [2.24, 2.45) is 0 Å². The van der Waals surface area contributed by atoms with E-state index in [1.165, 1.54) is 6.07 Å². The predicted octanol–water partition coefficient (Wildman–Crippen LogP) is 5.69. The molecule has 0 aliphatic heterocycles. The highest BCUT2D eigenvalue weighted by Gasteiger charge is 2.25. The SMILES string of the molecule is O=C(NC/C(F)=C1\CCCc2cnn(Cc3ccc(Cl)cc3Cl)c21)NS(=O)(=O)c1cc2ccccc2o1. The van der Waals surface area contributed by atoms with Crippen molar-refractivity contribution in [3.8, 4) is 0 Å². The van der Waals surface area contributed by atoms with Crippen LogP contribution in [0, 0.1) is 0 Å². The van der Waals surface area contributed by atoms with Gasteiger partial charge in [0.05, 0.1) is 25.0 Å². The average Bonchev–Trinajstić information content (AvgIpc) is 3.49. The van der Waals surface area contributed by atoms with Gasteiger partial charge < -0.3 is 9.73 Å². The first kappa shape index (κ1) is 25.3. The Labute approximate surface area is 222 Å². The van der Waals surface area contributed by atoms with Gasteiger partial charge in [0.25, 0.3) is 10.0 Å². The zero-order chi connectivity index (χ0) is 26.2. The fourth-order valence-electron chi connectivity index (χ4n) is 4.29. The topological polar surface area (TPSA) is 106 Å². The van der Waals surface area contributed by atoms with Crippen molar-refractivity contribution in [3.05, 3.63) is 87.4 Å². The molecular weight excluding hydrogens is 542 g/mol. The van der Waals surface area contributed by atoms with E-state index in [1.54, 1.807) is 53.3 Å². The third kappa shape index (κ3) is 5.36. The van der Waals surface area contributed by atoms with Gasteiger partial charge >= 0.3 is 6.03 Å². The molecule has 0 atom stereocenters. The molecule has 37 heavy (non-hydrogen) atoms. The first-order valence-corrected chi connectivity index (χ1v) is 13.6. The number of amides is 2. The maximum atomic E-state index is 15.3. The molecule has 0 saturated heterocycles. The van der Waals surface area contributed by atoms with Gasteiger partial charge in [0.2, 0.25) is 5.09 Å². The van der Waals surface area contributed by atoms with Gasteiger partial charge in [-0.15, -0.1) is 0 Å². The zero-order valence-electron chi connectivity index (χ0n) is 19.3. The van der Waals surface area contributed by atoms with Crippen LogP contribution in [0.5, 0.6) is 0 Å². The summed E-state index contributed by atoms with van der Waals surface area (Å²) in [6, 6.07) is 12.1. The van der Waals surface area contributed by atoms with Crippen LogP contribution < -0.4 is 10.0 Å². The minimum atomic E-state index is -4.29. The maximum absolute atomic E-state index is 15.3. The van der Waals surface area contributed by atoms with Crippen molar-refractivity contribution >= 4 is 55.8 Å². The van der Waals surface area contributed by atoms with E-state index in [9.17, 15) is 13.2 Å². The number of allylic oxidation sites excluding steroid dienone is 1. The minimum Gasteiger partial charge on any atom is -0.443 e. The van der Waals surface area contributed by atoms with Gasteiger partial charge in [0, 0.05) is 27.1 Å². The van der Waals surface area contributed by atoms with Crippen LogP contribution in [0.4, 0.5) is 9.18 Å². The molecule has 2 aromatic heterocycles. The number of carbonyl (C=O) groups is 1. The van der Waals surface area contributed by atoms with Gasteiger partial charge in [-0.05, 0) is 48.6 Å². The summed E-state index contributed by atoms with van der Waals surface area (Å²) < 4.78 is 49.3. The summed E-state index contributed by atoms with van der Waals surface area (Å²) >= 11 is 12.3. The Balaban J connectivity index is 1.31. The minimum absolute atomic E-state index is 0.311. The van der Waals surface area contributed by atoms with Crippen LogP contribution in [0.3, 0.4) is 0 Å². The Morgan fingerprint density at radius 2 is 1.95 bits per heavy atom. The van der Waals surface area contributed by atoms with Crippen molar-refractivity contribution in [2.45, 2.75) is 30.9 Å². The predicted molar refractivity (Wildman–Crippen MR) is 139 cm³/mol. The molecule has 8 nitrogen and oxygen atoms in total. The second-order valence-electron chi connectivity index (χ2n) is 8.54. The number of urea groups is 1. The number of fused-ring (bicyclic) bond motifs is 2. The molecule has 2 heterocycles. The number of hydrogen-bond donors (Lipinski definition) is 2. The molecule has 0 bridgehead atoms. The number of nitrogens with zero attached hydrogens (tertiary/aromatic N) is 2.